The van der Waals surface area contributed by atoms with Gasteiger partial charge in [-0.25, -0.2) is 0 Å². The van der Waals surface area contributed by atoms with E-state index < -0.39 is 0 Å². The summed E-state index contributed by atoms with van der Waals surface area (Å²) in [6.07, 6.45) is 0. The first kappa shape index (κ1) is 18.0. The van der Waals surface area contributed by atoms with E-state index in [2.05, 4.69) is 20.0 Å². The quantitative estimate of drug-likeness (QED) is 0.802. The summed E-state index contributed by atoms with van der Waals surface area (Å²) in [6, 6.07) is 11.4. The normalized spacial score (nSPS) is 17.9. The van der Waals surface area contributed by atoms with Crippen molar-refractivity contribution in [2.75, 3.05) is 62.3 Å². The van der Waals surface area contributed by atoms with Crippen molar-refractivity contribution in [1.29, 1.82) is 0 Å². The van der Waals surface area contributed by atoms with E-state index in [9.17, 15) is 4.79 Å². The van der Waals surface area contributed by atoms with Crippen LogP contribution in [0, 0.1) is 0 Å². The molecule has 0 radical (unpaired) electrons. The lowest BCUT2D eigenvalue weighted by Gasteiger charge is -2.36. The molecule has 1 aromatic carbocycles. The molecule has 0 aliphatic carbocycles. The van der Waals surface area contributed by atoms with E-state index in [0.717, 1.165) is 42.7 Å². The Bertz CT molecular complexity index is 770. The van der Waals surface area contributed by atoms with Gasteiger partial charge in [-0.15, -0.1) is 10.2 Å². The summed E-state index contributed by atoms with van der Waals surface area (Å²) in [7, 11) is 0. The first-order valence-electron chi connectivity index (χ1n) is 9.17. The van der Waals surface area contributed by atoms with Crippen molar-refractivity contribution in [1.82, 2.24) is 15.1 Å². The minimum absolute atomic E-state index is 0.0632. The fourth-order valence-corrected chi connectivity index (χ4v) is 3.51. The van der Waals surface area contributed by atoms with Crippen LogP contribution in [0.1, 0.15) is 10.5 Å². The van der Waals surface area contributed by atoms with Crippen LogP contribution in [0.5, 0.6) is 0 Å². The number of benzene rings is 1. The van der Waals surface area contributed by atoms with Crippen LogP contribution >= 0.6 is 11.6 Å². The van der Waals surface area contributed by atoms with Crippen molar-refractivity contribution in [2.45, 2.75) is 0 Å². The maximum absolute atomic E-state index is 12.7. The van der Waals surface area contributed by atoms with Crippen molar-refractivity contribution in [3.8, 4) is 0 Å². The number of anilines is 2. The van der Waals surface area contributed by atoms with Crippen molar-refractivity contribution in [3.63, 3.8) is 0 Å². The fraction of sp³-hybridized carbons (Fsp3) is 0.421. The molecule has 27 heavy (non-hydrogen) atoms. The van der Waals surface area contributed by atoms with Crippen LogP contribution < -0.4 is 9.80 Å². The third-order valence-electron chi connectivity index (χ3n) is 4.96. The average molecular weight is 388 g/mol. The molecule has 8 heteroatoms. The number of piperazine rings is 1. The fourth-order valence-electron chi connectivity index (χ4n) is 3.38. The molecule has 0 N–H and O–H groups in total. The number of rotatable bonds is 3. The van der Waals surface area contributed by atoms with Gasteiger partial charge in [0.1, 0.15) is 0 Å². The number of aromatic nitrogens is 2. The van der Waals surface area contributed by atoms with E-state index in [-0.39, 0.29) is 5.91 Å². The largest absolute Gasteiger partial charge is 0.378 e. The first-order valence-corrected chi connectivity index (χ1v) is 9.55. The maximum atomic E-state index is 12.7. The van der Waals surface area contributed by atoms with Crippen molar-refractivity contribution < 1.29 is 9.53 Å². The number of carbonyl (C=O) groups excluding carboxylic acids is 1. The predicted octanol–water partition coefficient (Wildman–Crippen LogP) is 1.93. The second-order valence-corrected chi connectivity index (χ2v) is 7.07. The Morgan fingerprint density at radius 3 is 2.19 bits per heavy atom. The molecular weight excluding hydrogens is 366 g/mol. The average Bonchev–Trinajstić information content (AvgIpc) is 2.75. The van der Waals surface area contributed by atoms with Crippen LogP contribution in [-0.2, 0) is 4.74 Å². The number of hydrogen-bond donors (Lipinski definition) is 0. The molecule has 7 nitrogen and oxygen atoms in total. The monoisotopic (exact) mass is 387 g/mol. The zero-order valence-corrected chi connectivity index (χ0v) is 15.8. The van der Waals surface area contributed by atoms with Crippen molar-refractivity contribution in [3.05, 3.63) is 47.1 Å². The summed E-state index contributed by atoms with van der Waals surface area (Å²) in [5.41, 5.74) is 1.52. The molecule has 2 fully saturated rings. The summed E-state index contributed by atoms with van der Waals surface area (Å²) in [6.45, 7) is 5.88. The molecule has 2 saturated heterocycles. The Morgan fingerprint density at radius 2 is 1.56 bits per heavy atom. The number of amides is 1. The second-order valence-electron chi connectivity index (χ2n) is 6.63. The zero-order valence-electron chi connectivity index (χ0n) is 15.1. The third-order valence-corrected chi connectivity index (χ3v) is 5.22. The van der Waals surface area contributed by atoms with E-state index in [4.69, 9.17) is 16.3 Å². The lowest BCUT2D eigenvalue weighted by molar-refractivity contribution is 0.0739. The van der Waals surface area contributed by atoms with Crippen LogP contribution in [0.15, 0.2) is 36.4 Å². The number of hydrogen-bond acceptors (Lipinski definition) is 6. The second kappa shape index (κ2) is 8.10. The summed E-state index contributed by atoms with van der Waals surface area (Å²) in [5.74, 6) is 0.731. The Hall–Kier alpha value is -2.38. The molecule has 1 amide bonds. The van der Waals surface area contributed by atoms with E-state index in [1.165, 1.54) is 0 Å². The molecule has 2 aromatic rings. The van der Waals surface area contributed by atoms with Gasteiger partial charge in [0.25, 0.3) is 5.91 Å². The molecule has 2 aliphatic heterocycles. The van der Waals surface area contributed by atoms with Gasteiger partial charge in [0.2, 0.25) is 0 Å². The van der Waals surface area contributed by atoms with Gasteiger partial charge >= 0.3 is 0 Å². The van der Waals surface area contributed by atoms with Gasteiger partial charge in [-0.3, -0.25) is 4.79 Å². The summed E-state index contributed by atoms with van der Waals surface area (Å²) < 4.78 is 5.35. The Kier molecular flexibility index (Phi) is 5.40. The van der Waals surface area contributed by atoms with Crippen molar-refractivity contribution in [2.24, 2.45) is 0 Å². The smallest absolute Gasteiger partial charge is 0.274 e. The predicted molar refractivity (Wildman–Crippen MR) is 105 cm³/mol. The third kappa shape index (κ3) is 4.14. The first-order chi connectivity index (χ1) is 13.2. The molecule has 142 valence electrons. The summed E-state index contributed by atoms with van der Waals surface area (Å²) in [4.78, 5) is 18.9. The van der Waals surface area contributed by atoms with Gasteiger partial charge in [0.05, 0.1) is 13.2 Å². The van der Waals surface area contributed by atoms with Crippen LogP contribution in [0.25, 0.3) is 0 Å². The number of morpholine rings is 1. The molecular formula is C19H22ClN5O2. The highest BCUT2D eigenvalue weighted by Crippen LogP contribution is 2.20. The molecule has 0 bridgehead atoms. The molecule has 0 unspecified atom stereocenters. The van der Waals surface area contributed by atoms with Gasteiger partial charge in [0, 0.05) is 50.0 Å². The number of carbonyl (C=O) groups is 1. The lowest BCUT2D eigenvalue weighted by Crippen LogP contribution is -2.49. The van der Waals surface area contributed by atoms with E-state index >= 15 is 0 Å². The van der Waals surface area contributed by atoms with Crippen LogP contribution in [0.2, 0.25) is 5.02 Å². The van der Waals surface area contributed by atoms with Gasteiger partial charge in [0.15, 0.2) is 11.5 Å². The molecule has 0 spiro atoms. The van der Waals surface area contributed by atoms with E-state index in [1.54, 1.807) is 6.07 Å². The maximum Gasteiger partial charge on any atom is 0.274 e. The topological polar surface area (TPSA) is 61.8 Å². The van der Waals surface area contributed by atoms with Crippen LogP contribution in [0.3, 0.4) is 0 Å². The number of halogens is 1. The molecule has 2 aliphatic rings. The Morgan fingerprint density at radius 1 is 0.852 bits per heavy atom. The van der Waals surface area contributed by atoms with E-state index in [0.29, 0.717) is 32.0 Å². The number of nitrogens with zero attached hydrogens (tertiary/aromatic N) is 5. The van der Waals surface area contributed by atoms with Crippen molar-refractivity contribution >= 4 is 29.0 Å². The zero-order chi connectivity index (χ0) is 18.6. The van der Waals surface area contributed by atoms with Gasteiger partial charge in [-0.05, 0) is 36.4 Å². The van der Waals surface area contributed by atoms with Gasteiger partial charge in [-0.2, -0.15) is 0 Å². The SMILES string of the molecule is O=C(c1ccc(N2CCOCC2)nn1)N1CCN(c2ccc(Cl)cc2)CC1. The lowest BCUT2D eigenvalue weighted by atomic mass is 10.2. The molecule has 0 atom stereocenters. The standard InChI is InChI=1S/C19H22ClN5O2/c20-15-1-3-16(4-2-15)23-7-9-25(10-8-23)19(26)17-5-6-18(22-21-17)24-11-13-27-14-12-24/h1-6H,7-14H2. The Balaban J connectivity index is 1.35. The minimum Gasteiger partial charge on any atom is -0.378 e. The van der Waals surface area contributed by atoms with E-state index in [1.807, 2.05) is 35.2 Å². The summed E-state index contributed by atoms with van der Waals surface area (Å²) in [5, 5.41) is 9.13. The number of ether oxygens (including phenoxy) is 1. The van der Waals surface area contributed by atoms with Crippen LogP contribution in [-0.4, -0.2) is 73.5 Å². The van der Waals surface area contributed by atoms with Gasteiger partial charge in [-0.1, -0.05) is 11.6 Å². The molecule has 3 heterocycles. The molecule has 1 aromatic heterocycles. The molecule has 0 saturated carbocycles. The minimum atomic E-state index is -0.0632. The highest BCUT2D eigenvalue weighted by Gasteiger charge is 2.24. The highest BCUT2D eigenvalue weighted by molar-refractivity contribution is 6.30. The highest BCUT2D eigenvalue weighted by atomic mass is 35.5. The summed E-state index contributed by atoms with van der Waals surface area (Å²) >= 11 is 5.95. The van der Waals surface area contributed by atoms with Gasteiger partial charge < -0.3 is 19.4 Å². The van der Waals surface area contributed by atoms with Crippen LogP contribution in [0.4, 0.5) is 11.5 Å². The Labute approximate surface area is 163 Å². The molecule has 4 rings (SSSR count).